The summed E-state index contributed by atoms with van der Waals surface area (Å²) in [5.74, 6) is -0.784. The first kappa shape index (κ1) is 21.6. The molecule has 0 spiro atoms. The van der Waals surface area contributed by atoms with Crippen molar-refractivity contribution < 1.29 is 13.2 Å². The molecule has 0 radical (unpaired) electrons. The minimum atomic E-state index is -3.82. The van der Waals surface area contributed by atoms with E-state index in [2.05, 4.69) is 9.71 Å². The van der Waals surface area contributed by atoms with Crippen molar-refractivity contribution in [3.8, 4) is 11.1 Å². The highest BCUT2D eigenvalue weighted by Gasteiger charge is 2.27. The van der Waals surface area contributed by atoms with Crippen LogP contribution >= 0.6 is 0 Å². The molecule has 0 atom stereocenters. The Bertz CT molecular complexity index is 1510. The van der Waals surface area contributed by atoms with Gasteiger partial charge in [-0.25, -0.2) is 13.1 Å². The van der Waals surface area contributed by atoms with Crippen molar-refractivity contribution in [2.75, 3.05) is 6.26 Å². The van der Waals surface area contributed by atoms with Crippen LogP contribution in [0.2, 0.25) is 0 Å². The van der Waals surface area contributed by atoms with Crippen molar-refractivity contribution >= 4 is 26.8 Å². The van der Waals surface area contributed by atoms with Gasteiger partial charge in [0.15, 0.2) is 0 Å². The number of sulfonamides is 1. The number of rotatable bonds is 5. The highest BCUT2D eigenvalue weighted by molar-refractivity contribution is 7.89. The maximum absolute atomic E-state index is 13.3. The van der Waals surface area contributed by atoms with Gasteiger partial charge in [-0.3, -0.25) is 9.59 Å². The third-order valence-electron chi connectivity index (χ3n) is 5.39. The van der Waals surface area contributed by atoms with Crippen molar-refractivity contribution in [3.05, 3.63) is 93.5 Å². The number of aryl methyl sites for hydroxylation is 2. The summed E-state index contributed by atoms with van der Waals surface area (Å²) < 4.78 is 27.7. The first-order valence-corrected chi connectivity index (χ1v) is 11.9. The summed E-state index contributed by atoms with van der Waals surface area (Å²) >= 11 is 0. The summed E-state index contributed by atoms with van der Waals surface area (Å²) in [7, 11) is -3.82. The van der Waals surface area contributed by atoms with E-state index in [1.54, 1.807) is 16.7 Å². The van der Waals surface area contributed by atoms with Crippen LogP contribution in [0.15, 0.2) is 65.6 Å². The molecule has 164 valence electrons. The molecule has 4 aromatic rings. The van der Waals surface area contributed by atoms with Gasteiger partial charge < -0.3 is 9.55 Å². The van der Waals surface area contributed by atoms with Crippen LogP contribution in [0, 0.1) is 13.8 Å². The Labute approximate surface area is 185 Å². The number of amides is 1. The zero-order valence-electron chi connectivity index (χ0n) is 18.0. The van der Waals surface area contributed by atoms with Crippen LogP contribution in [-0.4, -0.2) is 30.1 Å². The van der Waals surface area contributed by atoms with E-state index < -0.39 is 15.9 Å². The predicted molar refractivity (Wildman–Crippen MR) is 125 cm³/mol. The fraction of sp³-hybridized carbons (Fsp3) is 0.167. The Balaban J connectivity index is 2.10. The lowest BCUT2D eigenvalue weighted by Gasteiger charge is -2.13. The van der Waals surface area contributed by atoms with Gasteiger partial charge in [0.2, 0.25) is 10.0 Å². The zero-order chi connectivity index (χ0) is 23.0. The summed E-state index contributed by atoms with van der Waals surface area (Å²) in [6.45, 7) is 4.24. The molecular formula is C24H23N3O4S. The normalized spacial score (nSPS) is 11.6. The van der Waals surface area contributed by atoms with E-state index in [1.165, 1.54) is 6.20 Å². The summed E-state index contributed by atoms with van der Waals surface area (Å²) in [4.78, 5) is 28.7. The molecule has 0 saturated carbocycles. The van der Waals surface area contributed by atoms with Crippen LogP contribution in [0.5, 0.6) is 0 Å². The van der Waals surface area contributed by atoms with E-state index >= 15 is 0 Å². The Morgan fingerprint density at radius 3 is 2.50 bits per heavy atom. The average molecular weight is 450 g/mol. The van der Waals surface area contributed by atoms with Crippen LogP contribution in [0.4, 0.5) is 0 Å². The highest BCUT2D eigenvalue weighted by atomic mass is 32.2. The van der Waals surface area contributed by atoms with Gasteiger partial charge >= 0.3 is 0 Å². The lowest BCUT2D eigenvalue weighted by molar-refractivity contribution is 0.0974. The molecule has 0 saturated heterocycles. The van der Waals surface area contributed by atoms with E-state index in [9.17, 15) is 18.0 Å². The van der Waals surface area contributed by atoms with Crippen LogP contribution in [-0.2, 0) is 16.6 Å². The van der Waals surface area contributed by atoms with Gasteiger partial charge in [-0.1, -0.05) is 35.9 Å². The molecular weight excluding hydrogens is 426 g/mol. The molecule has 0 aliphatic rings. The van der Waals surface area contributed by atoms with Gasteiger partial charge in [0.25, 0.3) is 11.5 Å². The second-order valence-corrected chi connectivity index (χ2v) is 9.62. The van der Waals surface area contributed by atoms with E-state index in [0.717, 1.165) is 28.5 Å². The molecule has 2 aromatic heterocycles. The number of hydrogen-bond acceptors (Lipinski definition) is 4. The second kappa shape index (κ2) is 8.12. The Morgan fingerprint density at radius 1 is 1.06 bits per heavy atom. The van der Waals surface area contributed by atoms with Crippen molar-refractivity contribution in [1.82, 2.24) is 14.3 Å². The molecule has 4 rings (SSSR count). The van der Waals surface area contributed by atoms with Crippen molar-refractivity contribution in [2.24, 2.45) is 0 Å². The number of aromatic amines is 1. The third-order valence-corrected chi connectivity index (χ3v) is 5.95. The summed E-state index contributed by atoms with van der Waals surface area (Å²) in [5, 5.41) is 0.703. The van der Waals surface area contributed by atoms with E-state index in [1.807, 2.05) is 56.3 Å². The molecule has 1 amide bonds. The molecule has 0 unspecified atom stereocenters. The Kier molecular flexibility index (Phi) is 5.48. The Morgan fingerprint density at radius 2 is 1.81 bits per heavy atom. The monoisotopic (exact) mass is 449 g/mol. The number of benzene rings is 2. The lowest BCUT2D eigenvalue weighted by Crippen LogP contribution is -2.32. The van der Waals surface area contributed by atoms with Gasteiger partial charge in [-0.15, -0.1) is 0 Å². The molecule has 7 nitrogen and oxygen atoms in total. The molecule has 0 aliphatic carbocycles. The number of carbonyl (C=O) groups is 1. The maximum atomic E-state index is 13.3. The zero-order valence-corrected chi connectivity index (χ0v) is 18.8. The topological polar surface area (TPSA) is 101 Å². The number of carbonyl (C=O) groups excluding carboxylic acids is 1. The van der Waals surface area contributed by atoms with E-state index in [4.69, 9.17) is 0 Å². The number of pyridine rings is 1. The third kappa shape index (κ3) is 4.09. The summed E-state index contributed by atoms with van der Waals surface area (Å²) in [5.41, 5.74) is 4.16. The van der Waals surface area contributed by atoms with Crippen molar-refractivity contribution in [1.29, 1.82) is 0 Å². The summed E-state index contributed by atoms with van der Waals surface area (Å²) in [6.07, 6.45) is 2.44. The minimum Gasteiger partial charge on any atom is -0.331 e. The number of nitrogens with zero attached hydrogens (tertiary/aromatic N) is 1. The van der Waals surface area contributed by atoms with Gasteiger partial charge in [-0.05, 0) is 49.2 Å². The number of fused-ring (bicyclic) bond motifs is 1. The molecule has 8 heteroatoms. The van der Waals surface area contributed by atoms with Crippen LogP contribution in [0.3, 0.4) is 0 Å². The maximum Gasteiger partial charge on any atom is 0.282 e. The molecule has 0 fully saturated rings. The minimum absolute atomic E-state index is 0.121. The van der Waals surface area contributed by atoms with Crippen molar-refractivity contribution in [3.63, 3.8) is 0 Å². The fourth-order valence-corrected chi connectivity index (χ4v) is 4.37. The largest absolute Gasteiger partial charge is 0.331 e. The number of aromatic nitrogens is 2. The Hall–Kier alpha value is -3.65. The van der Waals surface area contributed by atoms with Crippen LogP contribution in [0.1, 0.15) is 27.2 Å². The highest BCUT2D eigenvalue weighted by Crippen LogP contribution is 2.35. The first-order chi connectivity index (χ1) is 15.2. The van der Waals surface area contributed by atoms with Crippen molar-refractivity contribution in [2.45, 2.75) is 20.4 Å². The first-order valence-electron chi connectivity index (χ1n) is 10.0. The van der Waals surface area contributed by atoms with Gasteiger partial charge in [-0.2, -0.15) is 0 Å². The van der Waals surface area contributed by atoms with Gasteiger partial charge in [0.1, 0.15) is 5.69 Å². The molecule has 32 heavy (non-hydrogen) atoms. The predicted octanol–water partition coefficient (Wildman–Crippen LogP) is 3.35. The number of H-pyrrole nitrogens is 1. The molecule has 0 aliphatic heterocycles. The number of nitrogens with one attached hydrogen (secondary N) is 2. The van der Waals surface area contributed by atoms with Crippen LogP contribution in [0.25, 0.3) is 22.0 Å². The van der Waals surface area contributed by atoms with E-state index in [-0.39, 0.29) is 11.3 Å². The average Bonchev–Trinajstić information content (AvgIpc) is 3.02. The summed E-state index contributed by atoms with van der Waals surface area (Å²) in [6, 6.07) is 16.8. The van der Waals surface area contributed by atoms with E-state index in [0.29, 0.717) is 23.1 Å². The standard InChI is InChI=1S/C24H23N3O4S/c1-15-10-11-20-19(13-15)21(18-9-6-12-25-23(18)28)22(24(29)26-32(3,30)31)27(20)14-17-8-5-4-7-16(17)2/h4-13H,14H2,1-3H3,(H,25,28)(H,26,29). The lowest BCUT2D eigenvalue weighted by atomic mass is 10.0. The quantitative estimate of drug-likeness (QED) is 0.488. The fourth-order valence-electron chi connectivity index (χ4n) is 3.93. The molecule has 2 heterocycles. The smallest absolute Gasteiger partial charge is 0.282 e. The molecule has 2 aromatic carbocycles. The van der Waals surface area contributed by atoms with Gasteiger partial charge in [0.05, 0.1) is 6.26 Å². The SMILES string of the molecule is Cc1ccc2c(c1)c(-c1ccc[nH]c1=O)c(C(=O)NS(C)(=O)=O)n2Cc1ccccc1C. The second-order valence-electron chi connectivity index (χ2n) is 7.87. The number of hydrogen-bond donors (Lipinski definition) is 2. The van der Waals surface area contributed by atoms with Crippen LogP contribution < -0.4 is 10.3 Å². The molecule has 2 N–H and O–H groups in total. The van der Waals surface area contributed by atoms with Gasteiger partial charge in [0, 0.05) is 34.8 Å². The molecule has 0 bridgehead atoms.